The zero-order valence-corrected chi connectivity index (χ0v) is 12.1. The van der Waals surface area contributed by atoms with Crippen LogP contribution in [0.25, 0.3) is 0 Å². The lowest BCUT2D eigenvalue weighted by molar-refractivity contribution is -0.00803. The zero-order valence-electron chi connectivity index (χ0n) is 12.1. The summed E-state index contributed by atoms with van der Waals surface area (Å²) in [5.41, 5.74) is 7.79. The van der Waals surface area contributed by atoms with Gasteiger partial charge in [0.05, 0.1) is 5.69 Å². The van der Waals surface area contributed by atoms with Crippen LogP contribution in [0, 0.1) is 17.8 Å². The molecular formula is C16H23N3O. The first-order chi connectivity index (χ1) is 9.59. The van der Waals surface area contributed by atoms with E-state index < -0.39 is 0 Å². The summed E-state index contributed by atoms with van der Waals surface area (Å²) in [6.45, 7) is 0.314. The molecule has 4 fully saturated rings. The van der Waals surface area contributed by atoms with Gasteiger partial charge in [0.25, 0.3) is 5.56 Å². The van der Waals surface area contributed by atoms with Gasteiger partial charge in [0.2, 0.25) is 0 Å². The lowest BCUT2D eigenvalue weighted by atomic mass is 9.49. The highest BCUT2D eigenvalue weighted by atomic mass is 16.1. The Morgan fingerprint density at radius 1 is 1.25 bits per heavy atom. The van der Waals surface area contributed by atoms with E-state index in [4.69, 9.17) is 5.73 Å². The molecule has 5 rings (SSSR count). The first-order valence-electron chi connectivity index (χ1n) is 7.87. The predicted octanol–water partition coefficient (Wildman–Crippen LogP) is 1.71. The third-order valence-corrected chi connectivity index (χ3v) is 5.94. The Bertz CT molecular complexity index is 569. The highest BCUT2D eigenvalue weighted by molar-refractivity contribution is 5.25. The predicted molar refractivity (Wildman–Crippen MR) is 77.2 cm³/mol. The van der Waals surface area contributed by atoms with Crippen LogP contribution in [-0.4, -0.2) is 9.78 Å². The van der Waals surface area contributed by atoms with E-state index in [1.807, 2.05) is 6.07 Å². The van der Waals surface area contributed by atoms with Crippen molar-refractivity contribution < 1.29 is 0 Å². The first-order valence-corrected chi connectivity index (χ1v) is 7.87. The van der Waals surface area contributed by atoms with Crippen molar-refractivity contribution in [2.45, 2.75) is 50.5 Å². The molecule has 1 aromatic heterocycles. The molecule has 4 bridgehead atoms. The van der Waals surface area contributed by atoms with Crippen LogP contribution in [0.1, 0.15) is 49.8 Å². The van der Waals surface area contributed by atoms with E-state index in [-0.39, 0.29) is 11.0 Å². The van der Waals surface area contributed by atoms with E-state index in [1.165, 1.54) is 43.2 Å². The normalized spacial score (nSPS) is 38.4. The van der Waals surface area contributed by atoms with Gasteiger partial charge in [-0.05, 0) is 62.3 Å². The van der Waals surface area contributed by atoms with E-state index in [0.717, 1.165) is 23.4 Å². The average molecular weight is 273 g/mol. The molecule has 1 aromatic rings. The summed E-state index contributed by atoms with van der Waals surface area (Å²) in [6.07, 6.45) is 8.09. The van der Waals surface area contributed by atoms with E-state index >= 15 is 0 Å². The highest BCUT2D eigenvalue weighted by Crippen LogP contribution is 2.60. The van der Waals surface area contributed by atoms with Gasteiger partial charge in [0.1, 0.15) is 0 Å². The number of nitrogens with zero attached hydrogens (tertiary/aromatic N) is 2. The lowest BCUT2D eigenvalue weighted by Crippen LogP contribution is -2.49. The van der Waals surface area contributed by atoms with Gasteiger partial charge in [-0.2, -0.15) is 5.10 Å². The van der Waals surface area contributed by atoms with Crippen molar-refractivity contribution in [1.29, 1.82) is 0 Å². The Morgan fingerprint density at radius 2 is 1.80 bits per heavy atom. The summed E-state index contributed by atoms with van der Waals surface area (Å²) < 4.78 is 1.50. The van der Waals surface area contributed by atoms with E-state index in [9.17, 15) is 4.79 Å². The molecular weight excluding hydrogens is 250 g/mol. The van der Waals surface area contributed by atoms with Gasteiger partial charge in [-0.15, -0.1) is 0 Å². The fourth-order valence-electron chi connectivity index (χ4n) is 5.50. The van der Waals surface area contributed by atoms with Crippen LogP contribution >= 0.6 is 0 Å². The van der Waals surface area contributed by atoms with E-state index in [0.29, 0.717) is 12.1 Å². The average Bonchev–Trinajstić information content (AvgIpc) is 2.40. The molecule has 4 nitrogen and oxygen atoms in total. The second-order valence-electron chi connectivity index (χ2n) is 7.39. The van der Waals surface area contributed by atoms with Crippen LogP contribution in [0.4, 0.5) is 0 Å². The van der Waals surface area contributed by atoms with Crippen molar-refractivity contribution in [3.05, 3.63) is 27.7 Å². The van der Waals surface area contributed by atoms with Crippen LogP contribution < -0.4 is 11.3 Å². The molecule has 0 amide bonds. The highest BCUT2D eigenvalue weighted by Gasteiger charge is 2.52. The molecule has 4 aliphatic rings. The SMILES string of the molecule is Cn1nc(C23CC4CC(CC(C4)C2)C3)cc(CN)c1=O. The molecule has 2 N–H and O–H groups in total. The minimum atomic E-state index is -0.0408. The number of aryl methyl sites for hydroxylation is 1. The molecule has 0 atom stereocenters. The van der Waals surface area contributed by atoms with E-state index in [2.05, 4.69) is 5.10 Å². The van der Waals surface area contributed by atoms with Gasteiger partial charge >= 0.3 is 0 Å². The summed E-state index contributed by atoms with van der Waals surface area (Å²) in [5.74, 6) is 2.67. The van der Waals surface area contributed by atoms with Crippen LogP contribution in [0.3, 0.4) is 0 Å². The van der Waals surface area contributed by atoms with Gasteiger partial charge in [-0.25, -0.2) is 4.68 Å². The molecule has 0 saturated heterocycles. The molecule has 0 aromatic carbocycles. The third-order valence-electron chi connectivity index (χ3n) is 5.94. The molecule has 4 aliphatic carbocycles. The van der Waals surface area contributed by atoms with Crippen LogP contribution in [0.5, 0.6) is 0 Å². The topological polar surface area (TPSA) is 60.9 Å². The van der Waals surface area contributed by atoms with Gasteiger partial charge in [-0.1, -0.05) is 0 Å². The number of nitrogens with two attached hydrogens (primary N) is 1. The summed E-state index contributed by atoms with van der Waals surface area (Å²) in [5, 5.41) is 4.62. The Labute approximate surface area is 119 Å². The van der Waals surface area contributed by atoms with Crippen molar-refractivity contribution in [2.75, 3.05) is 0 Å². The fourth-order valence-corrected chi connectivity index (χ4v) is 5.50. The molecule has 0 spiro atoms. The fraction of sp³-hybridized carbons (Fsp3) is 0.750. The number of rotatable bonds is 2. The zero-order chi connectivity index (χ0) is 13.9. The van der Waals surface area contributed by atoms with Crippen molar-refractivity contribution in [3.63, 3.8) is 0 Å². The molecule has 108 valence electrons. The maximum Gasteiger partial charge on any atom is 0.270 e. The summed E-state index contributed by atoms with van der Waals surface area (Å²) in [7, 11) is 1.76. The minimum absolute atomic E-state index is 0.0408. The van der Waals surface area contributed by atoms with Crippen molar-refractivity contribution in [1.82, 2.24) is 9.78 Å². The van der Waals surface area contributed by atoms with Crippen molar-refractivity contribution >= 4 is 0 Å². The van der Waals surface area contributed by atoms with Crippen molar-refractivity contribution in [2.24, 2.45) is 30.5 Å². The maximum absolute atomic E-state index is 12.0. The molecule has 0 radical (unpaired) electrons. The molecule has 0 unspecified atom stereocenters. The number of hydrogen-bond acceptors (Lipinski definition) is 3. The number of aromatic nitrogens is 2. The smallest absolute Gasteiger partial charge is 0.270 e. The van der Waals surface area contributed by atoms with E-state index in [1.54, 1.807) is 7.05 Å². The van der Waals surface area contributed by atoms with Gasteiger partial charge in [-0.3, -0.25) is 4.79 Å². The molecule has 0 aliphatic heterocycles. The Morgan fingerprint density at radius 3 is 2.30 bits per heavy atom. The summed E-state index contributed by atoms with van der Waals surface area (Å²) in [6, 6.07) is 2.01. The molecule has 1 heterocycles. The number of hydrogen-bond donors (Lipinski definition) is 1. The second kappa shape index (κ2) is 4.17. The van der Waals surface area contributed by atoms with Gasteiger partial charge in [0.15, 0.2) is 0 Å². The van der Waals surface area contributed by atoms with Crippen LogP contribution in [-0.2, 0) is 19.0 Å². The quantitative estimate of drug-likeness (QED) is 0.892. The maximum atomic E-state index is 12.0. The Balaban J connectivity index is 1.81. The monoisotopic (exact) mass is 273 g/mol. The Hall–Kier alpha value is -1.16. The van der Waals surface area contributed by atoms with Crippen LogP contribution in [0.15, 0.2) is 10.9 Å². The standard InChI is InChI=1S/C16H23N3O/c1-19-15(20)13(9-17)5-14(18-19)16-6-10-2-11(7-16)4-12(3-10)8-16/h5,10-12H,2-4,6-9,17H2,1H3. The second-order valence-corrected chi connectivity index (χ2v) is 7.39. The summed E-state index contributed by atoms with van der Waals surface area (Å²) >= 11 is 0. The van der Waals surface area contributed by atoms with Gasteiger partial charge in [0, 0.05) is 24.6 Å². The minimum Gasteiger partial charge on any atom is -0.326 e. The van der Waals surface area contributed by atoms with Gasteiger partial charge < -0.3 is 5.73 Å². The molecule has 20 heavy (non-hydrogen) atoms. The molecule has 4 saturated carbocycles. The third kappa shape index (κ3) is 1.70. The lowest BCUT2D eigenvalue weighted by Gasteiger charge is -2.56. The largest absolute Gasteiger partial charge is 0.326 e. The Kier molecular flexibility index (Phi) is 2.62. The first kappa shape index (κ1) is 12.6. The van der Waals surface area contributed by atoms with Crippen molar-refractivity contribution in [3.8, 4) is 0 Å². The molecule has 4 heteroatoms. The van der Waals surface area contributed by atoms with Crippen LogP contribution in [0.2, 0.25) is 0 Å². The summed E-state index contributed by atoms with van der Waals surface area (Å²) in [4.78, 5) is 12.0.